The number of hydrogen-bond acceptors (Lipinski definition) is 0. The van der Waals surface area contributed by atoms with Crippen molar-refractivity contribution in [3.63, 3.8) is 0 Å². The van der Waals surface area contributed by atoms with Crippen LogP contribution in [0.25, 0.3) is 0 Å². The van der Waals surface area contributed by atoms with Gasteiger partial charge in [-0.3, -0.25) is 0 Å². The Kier molecular flexibility index (Phi) is 0.385. The van der Waals surface area contributed by atoms with Crippen molar-refractivity contribution < 1.29 is 0 Å². The Bertz CT molecular complexity index is 25.2. The quantitative estimate of drug-likeness (QED) is 0.347. The van der Waals surface area contributed by atoms with Crippen LogP contribution in [0, 0.1) is 0 Å². The molecule has 0 radical (unpaired) electrons. The van der Waals surface area contributed by atoms with E-state index in [9.17, 15) is 0 Å². The monoisotopic (exact) mass is 68.0 g/mol. The number of hydrogen-bond donors (Lipinski definition) is 0. The molecule has 1 fully saturated rings. The summed E-state index contributed by atoms with van der Waals surface area (Å²) in [5.41, 5.74) is 0. The molecule has 0 saturated carbocycles. The van der Waals surface area contributed by atoms with Crippen LogP contribution in [-0.2, 0) is 0 Å². The first-order chi connectivity index (χ1) is 1.89. The van der Waals surface area contributed by atoms with E-state index in [1.165, 1.54) is 12.1 Å². The van der Waals surface area contributed by atoms with Gasteiger partial charge < -0.3 is 0 Å². The molecule has 2 heteroatoms. The molecule has 0 unspecified atom stereocenters. The maximum absolute atomic E-state index is 3.85. The second kappa shape index (κ2) is 0.613. The molecule has 0 nitrogen and oxygen atoms in total. The molecule has 1 saturated heterocycles. The first-order valence-electron chi connectivity index (χ1n) is 1.56. The second-order valence-electron chi connectivity index (χ2n) is 1.25. The van der Waals surface area contributed by atoms with E-state index in [0.717, 1.165) is 0 Å². The predicted molar refractivity (Wildman–Crippen MR) is 22.5 cm³/mol. The summed E-state index contributed by atoms with van der Waals surface area (Å²) < 4.78 is 0. The van der Waals surface area contributed by atoms with Gasteiger partial charge in [0.2, 0.25) is 0 Å². The molecule has 0 spiro atoms. The van der Waals surface area contributed by atoms with E-state index in [0.29, 0.717) is 0 Å². The Labute approximate surface area is 29.2 Å². The van der Waals surface area contributed by atoms with E-state index in [4.69, 9.17) is 0 Å². The van der Waals surface area contributed by atoms with Crippen molar-refractivity contribution in [1.82, 2.24) is 0 Å². The Morgan fingerprint density at radius 3 is 1.75 bits per heavy atom. The van der Waals surface area contributed by atoms with Gasteiger partial charge in [-0.15, -0.1) is 0 Å². The molecule has 1 heterocycles. The third-order valence-electron chi connectivity index (χ3n) is 0.604. The second-order valence-corrected chi connectivity index (χ2v) is 3.75. The Morgan fingerprint density at radius 1 is 1.50 bits per heavy atom. The third kappa shape index (κ3) is 0.348. The minimum atomic E-state index is 0.120. The van der Waals surface area contributed by atoms with E-state index in [1.807, 2.05) is 0 Å². The van der Waals surface area contributed by atoms with Crippen LogP contribution < -0.4 is 0 Å². The summed E-state index contributed by atoms with van der Waals surface area (Å²) in [7, 11) is 3.97. The van der Waals surface area contributed by atoms with Crippen LogP contribution in [0.1, 0.15) is 0 Å². The summed E-state index contributed by atoms with van der Waals surface area (Å²) in [6, 6.07) is 2.95. The van der Waals surface area contributed by atoms with Crippen molar-refractivity contribution in [2.45, 2.75) is 12.1 Å². The Hall–Kier alpha value is 0.282. The number of rotatable bonds is 0. The van der Waals surface area contributed by atoms with Crippen LogP contribution in [-0.4, -0.2) is 16.1 Å². The van der Waals surface area contributed by atoms with E-state index in [2.05, 4.69) is 7.44 Å². The van der Waals surface area contributed by atoms with Gasteiger partial charge in [-0.2, -0.15) is 0 Å². The van der Waals surface area contributed by atoms with Crippen molar-refractivity contribution in [3.05, 3.63) is 0 Å². The van der Waals surface area contributed by atoms with Crippen molar-refractivity contribution in [3.8, 4) is 0 Å². The summed E-state index contributed by atoms with van der Waals surface area (Å²) >= 11 is 0. The molecular weight excluding hydrogens is 62.9 g/mol. The molecular formula is C2H5BSi. The van der Waals surface area contributed by atoms with E-state index in [-0.39, 0.29) is 8.67 Å². The van der Waals surface area contributed by atoms with E-state index < -0.39 is 0 Å². The molecule has 0 bridgehead atoms. The van der Waals surface area contributed by atoms with Crippen molar-refractivity contribution in [2.75, 3.05) is 0 Å². The standard InChI is InChI=1S/C2H5BSi/c3-4-1-2-4/h3H,1-2H2. The van der Waals surface area contributed by atoms with Crippen molar-refractivity contribution in [2.24, 2.45) is 0 Å². The summed E-state index contributed by atoms with van der Waals surface area (Å²) in [4.78, 5) is 0. The molecule has 0 atom stereocenters. The Morgan fingerprint density at radius 2 is 1.75 bits per heavy atom. The van der Waals surface area contributed by atoms with Crippen LogP contribution in [0.5, 0.6) is 0 Å². The molecule has 0 aromatic carbocycles. The zero-order valence-electron chi connectivity index (χ0n) is 2.62. The van der Waals surface area contributed by atoms with Crippen LogP contribution in [0.4, 0.5) is 0 Å². The molecule has 0 aliphatic carbocycles. The molecule has 1 aliphatic heterocycles. The van der Waals surface area contributed by atoms with Crippen molar-refractivity contribution in [1.29, 1.82) is 0 Å². The SMILES string of the molecule is [BH+][Si-]1CC1. The van der Waals surface area contributed by atoms with Gasteiger partial charge in [-0.1, -0.05) is 0 Å². The fourth-order valence-corrected chi connectivity index (χ4v) is 0.795. The van der Waals surface area contributed by atoms with E-state index >= 15 is 0 Å². The average Bonchev–Trinajstić information content (AvgIpc) is 1.75. The normalized spacial score (nSPS) is 25.8. The molecule has 4 heavy (non-hydrogen) atoms. The summed E-state index contributed by atoms with van der Waals surface area (Å²) in [5, 5.41) is 0. The van der Waals surface area contributed by atoms with E-state index in [1.54, 1.807) is 0 Å². The van der Waals surface area contributed by atoms with Gasteiger partial charge in [0.15, 0.2) is 0 Å². The minimum absolute atomic E-state index is 0.120. The zero-order valence-corrected chi connectivity index (χ0v) is 3.62. The van der Waals surface area contributed by atoms with Crippen LogP contribution in [0.3, 0.4) is 0 Å². The predicted octanol–water partition coefficient (Wildman–Crippen LogP) is -0.108. The fraction of sp³-hybridized carbons (Fsp3) is 1.00. The van der Waals surface area contributed by atoms with Gasteiger partial charge in [0, 0.05) is 0 Å². The van der Waals surface area contributed by atoms with Gasteiger partial charge >= 0.3 is 28.2 Å². The third-order valence-corrected chi connectivity index (χ3v) is 1.81. The molecule has 20 valence electrons. The zero-order chi connectivity index (χ0) is 2.99. The Balaban J connectivity index is 2.17. The van der Waals surface area contributed by atoms with Gasteiger partial charge in [0.25, 0.3) is 0 Å². The summed E-state index contributed by atoms with van der Waals surface area (Å²) in [6.45, 7) is 0. The maximum atomic E-state index is 3.85. The molecule has 0 aromatic rings. The van der Waals surface area contributed by atoms with Gasteiger partial charge in [-0.25, -0.2) is 0 Å². The van der Waals surface area contributed by atoms with Gasteiger partial charge in [0.1, 0.15) is 0 Å². The van der Waals surface area contributed by atoms with Crippen LogP contribution in [0.15, 0.2) is 0 Å². The molecule has 0 N–H and O–H groups in total. The molecule has 1 aliphatic rings. The van der Waals surface area contributed by atoms with Crippen molar-refractivity contribution >= 4 is 16.1 Å². The van der Waals surface area contributed by atoms with Gasteiger partial charge in [0.05, 0.1) is 0 Å². The van der Waals surface area contributed by atoms with Crippen LogP contribution >= 0.6 is 0 Å². The first kappa shape index (κ1) is 2.52. The van der Waals surface area contributed by atoms with Gasteiger partial charge in [-0.05, 0) is 0 Å². The summed E-state index contributed by atoms with van der Waals surface area (Å²) in [6.07, 6.45) is 0. The molecule has 1 rings (SSSR count). The molecule has 0 amide bonds. The topological polar surface area (TPSA) is 0 Å². The van der Waals surface area contributed by atoms with Crippen LogP contribution in [0.2, 0.25) is 12.1 Å². The molecule has 0 aromatic heterocycles. The summed E-state index contributed by atoms with van der Waals surface area (Å²) in [5.74, 6) is 0. The average molecular weight is 68.0 g/mol. The first-order valence-corrected chi connectivity index (χ1v) is 3.68. The fourth-order valence-electron chi connectivity index (χ4n) is 0.0884.